The van der Waals surface area contributed by atoms with Crippen LogP contribution in [-0.4, -0.2) is 57.7 Å². The Balaban J connectivity index is 1.42. The fourth-order valence-corrected chi connectivity index (χ4v) is 5.24. The number of nitriles is 1. The van der Waals surface area contributed by atoms with Gasteiger partial charge in [0.25, 0.3) is 5.89 Å². The van der Waals surface area contributed by atoms with Gasteiger partial charge >= 0.3 is 5.97 Å². The van der Waals surface area contributed by atoms with E-state index in [-0.39, 0.29) is 47.9 Å². The SMILES string of the molecule is CCOC(=O)CN1CC2(CCc3c(-c4noc(-c5cnc(OC(C)C)c(C#N)c5)n4)cccc32)CC1=O. The van der Waals surface area contributed by atoms with Crippen molar-refractivity contribution in [3.05, 3.63) is 47.2 Å². The van der Waals surface area contributed by atoms with E-state index < -0.39 is 5.97 Å². The van der Waals surface area contributed by atoms with Crippen LogP contribution in [-0.2, 0) is 26.2 Å². The summed E-state index contributed by atoms with van der Waals surface area (Å²) in [6, 6.07) is 9.64. The normalized spacial score (nSPS) is 18.4. The maximum atomic E-state index is 12.8. The van der Waals surface area contributed by atoms with Gasteiger partial charge in [-0.05, 0) is 50.8 Å². The number of benzene rings is 1. The van der Waals surface area contributed by atoms with Crippen molar-refractivity contribution in [3.63, 3.8) is 0 Å². The van der Waals surface area contributed by atoms with Crippen LogP contribution in [0.3, 0.4) is 0 Å². The Labute approximate surface area is 214 Å². The molecule has 1 aliphatic carbocycles. The van der Waals surface area contributed by atoms with E-state index in [1.165, 1.54) is 0 Å². The summed E-state index contributed by atoms with van der Waals surface area (Å²) in [5.41, 5.74) is 3.46. The third-order valence-corrected chi connectivity index (χ3v) is 6.79. The smallest absolute Gasteiger partial charge is 0.325 e. The summed E-state index contributed by atoms with van der Waals surface area (Å²) in [5, 5.41) is 13.7. The number of hydrogen-bond donors (Lipinski definition) is 0. The molecule has 1 saturated heterocycles. The number of pyridine rings is 1. The van der Waals surface area contributed by atoms with Gasteiger partial charge in [0.05, 0.1) is 18.3 Å². The fraction of sp³-hybridized carbons (Fsp3) is 0.407. The zero-order chi connectivity index (χ0) is 26.2. The lowest BCUT2D eigenvalue weighted by Crippen LogP contribution is -2.34. The Bertz CT molecular complexity index is 1410. The predicted molar refractivity (Wildman–Crippen MR) is 131 cm³/mol. The van der Waals surface area contributed by atoms with Gasteiger partial charge in [-0.2, -0.15) is 10.2 Å². The Morgan fingerprint density at radius 1 is 1.35 bits per heavy atom. The number of esters is 1. The van der Waals surface area contributed by atoms with Crippen molar-refractivity contribution < 1.29 is 23.6 Å². The van der Waals surface area contributed by atoms with E-state index in [0.29, 0.717) is 24.4 Å². The molecule has 1 amide bonds. The van der Waals surface area contributed by atoms with Gasteiger partial charge in [-0.25, -0.2) is 4.98 Å². The molecule has 0 radical (unpaired) electrons. The number of carbonyl (C=O) groups excluding carboxylic acids is 2. The van der Waals surface area contributed by atoms with Crippen LogP contribution in [0.25, 0.3) is 22.8 Å². The van der Waals surface area contributed by atoms with Gasteiger partial charge in [-0.1, -0.05) is 23.4 Å². The van der Waals surface area contributed by atoms with Crippen LogP contribution in [0.1, 0.15) is 50.3 Å². The van der Waals surface area contributed by atoms with E-state index in [9.17, 15) is 14.9 Å². The molecule has 1 unspecified atom stereocenters. The van der Waals surface area contributed by atoms with Crippen molar-refractivity contribution in [2.75, 3.05) is 19.7 Å². The van der Waals surface area contributed by atoms with Gasteiger partial charge < -0.3 is 18.9 Å². The molecule has 2 aliphatic rings. The van der Waals surface area contributed by atoms with E-state index in [1.807, 2.05) is 32.0 Å². The number of likely N-dealkylation sites (tertiary alicyclic amines) is 1. The average Bonchev–Trinajstić information content (AvgIpc) is 3.57. The summed E-state index contributed by atoms with van der Waals surface area (Å²) < 4.78 is 16.2. The highest BCUT2D eigenvalue weighted by molar-refractivity contribution is 5.86. The summed E-state index contributed by atoms with van der Waals surface area (Å²) in [4.78, 5) is 35.2. The van der Waals surface area contributed by atoms with E-state index >= 15 is 0 Å². The summed E-state index contributed by atoms with van der Waals surface area (Å²) in [6.07, 6.45) is 3.34. The summed E-state index contributed by atoms with van der Waals surface area (Å²) >= 11 is 0. The maximum absolute atomic E-state index is 12.8. The van der Waals surface area contributed by atoms with Crippen molar-refractivity contribution in [2.45, 2.75) is 51.6 Å². The maximum Gasteiger partial charge on any atom is 0.325 e. The Hall–Kier alpha value is -4.26. The Morgan fingerprint density at radius 3 is 2.95 bits per heavy atom. The third kappa shape index (κ3) is 4.53. The molecule has 37 heavy (non-hydrogen) atoms. The zero-order valence-electron chi connectivity index (χ0n) is 21.0. The van der Waals surface area contributed by atoms with Crippen LogP contribution in [0.2, 0.25) is 0 Å². The van der Waals surface area contributed by atoms with Crippen molar-refractivity contribution in [1.29, 1.82) is 5.26 Å². The molecule has 5 rings (SSSR count). The van der Waals surface area contributed by atoms with Crippen molar-refractivity contribution in [1.82, 2.24) is 20.0 Å². The first-order chi connectivity index (χ1) is 17.8. The molecular formula is C27H27N5O5. The predicted octanol–water partition coefficient (Wildman–Crippen LogP) is 3.44. The fourth-order valence-electron chi connectivity index (χ4n) is 5.24. The molecule has 1 aromatic carbocycles. The molecule has 1 fully saturated rings. The molecule has 1 atom stereocenters. The minimum atomic E-state index is -0.392. The number of hydrogen-bond acceptors (Lipinski definition) is 9. The summed E-state index contributed by atoms with van der Waals surface area (Å²) in [7, 11) is 0. The van der Waals surface area contributed by atoms with E-state index in [2.05, 4.69) is 21.2 Å². The lowest BCUT2D eigenvalue weighted by Gasteiger charge is -2.24. The first kappa shape index (κ1) is 24.4. The van der Waals surface area contributed by atoms with E-state index in [1.54, 1.807) is 24.1 Å². The molecule has 0 N–H and O–H groups in total. The number of fused-ring (bicyclic) bond motifs is 2. The first-order valence-electron chi connectivity index (χ1n) is 12.3. The second-order valence-electron chi connectivity index (χ2n) is 9.62. The molecule has 0 bridgehead atoms. The van der Waals surface area contributed by atoms with E-state index in [0.717, 1.165) is 29.5 Å². The molecule has 3 aromatic rings. The van der Waals surface area contributed by atoms with Crippen LogP contribution >= 0.6 is 0 Å². The van der Waals surface area contributed by atoms with Gasteiger partial charge in [0.2, 0.25) is 17.6 Å². The molecule has 10 nitrogen and oxygen atoms in total. The lowest BCUT2D eigenvalue weighted by atomic mass is 9.80. The van der Waals surface area contributed by atoms with Gasteiger partial charge in [0.15, 0.2) is 0 Å². The van der Waals surface area contributed by atoms with Gasteiger partial charge in [0, 0.05) is 30.1 Å². The summed E-state index contributed by atoms with van der Waals surface area (Å²) in [5.74, 6) is 0.501. The highest BCUT2D eigenvalue weighted by Gasteiger charge is 2.49. The molecule has 190 valence electrons. The zero-order valence-corrected chi connectivity index (χ0v) is 21.0. The van der Waals surface area contributed by atoms with Crippen LogP contribution in [0.5, 0.6) is 5.88 Å². The third-order valence-electron chi connectivity index (χ3n) is 6.79. The van der Waals surface area contributed by atoms with Crippen molar-refractivity contribution in [2.24, 2.45) is 0 Å². The molecule has 10 heteroatoms. The molecular weight excluding hydrogens is 474 g/mol. The second-order valence-corrected chi connectivity index (χ2v) is 9.62. The average molecular weight is 502 g/mol. The number of carbonyl (C=O) groups is 2. The van der Waals surface area contributed by atoms with Crippen LogP contribution < -0.4 is 4.74 Å². The molecule has 3 heterocycles. The Kier molecular flexibility index (Phi) is 6.38. The highest BCUT2D eigenvalue weighted by Crippen LogP contribution is 2.48. The van der Waals surface area contributed by atoms with Crippen molar-refractivity contribution >= 4 is 11.9 Å². The molecule has 0 saturated carbocycles. The van der Waals surface area contributed by atoms with E-state index in [4.69, 9.17) is 14.0 Å². The standard InChI is InChI=1S/C27H27N5O5/c1-4-35-23(34)14-32-15-27(11-22(32)33)9-8-19-20(6-5-7-21(19)27)24-30-26(37-31-24)18-10-17(12-28)25(29-13-18)36-16(2)3/h5-7,10,13,16H,4,8-9,11,14-15H2,1-3H3. The second kappa shape index (κ2) is 9.65. The van der Waals surface area contributed by atoms with Crippen LogP contribution in [0, 0.1) is 11.3 Å². The summed E-state index contributed by atoms with van der Waals surface area (Å²) in [6.45, 7) is 6.21. The molecule has 2 aromatic heterocycles. The number of aromatic nitrogens is 3. The lowest BCUT2D eigenvalue weighted by molar-refractivity contribution is -0.147. The highest BCUT2D eigenvalue weighted by atomic mass is 16.5. The minimum Gasteiger partial charge on any atom is -0.474 e. The number of amides is 1. The quantitative estimate of drug-likeness (QED) is 0.447. The molecule has 1 aliphatic heterocycles. The Morgan fingerprint density at radius 2 is 2.19 bits per heavy atom. The van der Waals surface area contributed by atoms with Gasteiger partial charge in [-0.3, -0.25) is 9.59 Å². The van der Waals surface area contributed by atoms with Crippen LogP contribution in [0.15, 0.2) is 35.0 Å². The molecule has 1 spiro atoms. The topological polar surface area (TPSA) is 131 Å². The van der Waals surface area contributed by atoms with Crippen LogP contribution in [0.4, 0.5) is 0 Å². The number of nitrogens with zero attached hydrogens (tertiary/aromatic N) is 5. The van der Waals surface area contributed by atoms with Gasteiger partial charge in [-0.15, -0.1) is 0 Å². The largest absolute Gasteiger partial charge is 0.474 e. The minimum absolute atomic E-state index is 0.0304. The monoisotopic (exact) mass is 501 g/mol. The first-order valence-corrected chi connectivity index (χ1v) is 12.3. The number of ether oxygens (including phenoxy) is 2. The van der Waals surface area contributed by atoms with Crippen molar-refractivity contribution in [3.8, 4) is 34.8 Å². The van der Waals surface area contributed by atoms with Gasteiger partial charge in [0.1, 0.15) is 18.2 Å². The number of rotatable bonds is 7.